The molecule has 2 aliphatic rings. The fraction of sp³-hybridized carbons (Fsp3) is 0.174. The summed E-state index contributed by atoms with van der Waals surface area (Å²) in [6.07, 6.45) is 0. The number of fused-ring (bicyclic) bond motifs is 2. The Balaban J connectivity index is 1.50. The van der Waals surface area contributed by atoms with E-state index in [0.717, 1.165) is 23.1 Å². The first-order chi connectivity index (χ1) is 18.0. The van der Waals surface area contributed by atoms with Crippen molar-refractivity contribution >= 4 is 62.6 Å². The number of carbonyl (C=O) groups is 4. The number of rotatable bonds is 5. The molecule has 0 aliphatic carbocycles. The molecule has 0 bridgehead atoms. The van der Waals surface area contributed by atoms with Crippen molar-refractivity contribution in [3.63, 3.8) is 0 Å². The Morgan fingerprint density at radius 1 is 0.974 bits per heavy atom. The molecule has 196 valence electrons. The molecule has 0 radical (unpaired) electrons. The third kappa shape index (κ3) is 4.42. The highest BCUT2D eigenvalue weighted by atomic mass is 32.2. The molecule has 2 aromatic carbocycles. The van der Waals surface area contributed by atoms with E-state index in [0.29, 0.717) is 20.4 Å². The molecule has 0 spiro atoms. The average Bonchev–Trinajstić information content (AvgIpc) is 3.30. The van der Waals surface area contributed by atoms with Crippen molar-refractivity contribution in [2.24, 2.45) is 16.8 Å². The van der Waals surface area contributed by atoms with E-state index in [2.05, 4.69) is 5.32 Å². The zero-order chi connectivity index (χ0) is 27.4. The van der Waals surface area contributed by atoms with Crippen molar-refractivity contribution in [2.75, 3.05) is 5.32 Å². The second-order valence-electron chi connectivity index (χ2n) is 8.54. The second kappa shape index (κ2) is 9.50. The van der Waals surface area contributed by atoms with Gasteiger partial charge < -0.3 is 11.1 Å². The van der Waals surface area contributed by atoms with Gasteiger partial charge in [-0.15, -0.1) is 0 Å². The highest BCUT2D eigenvalue weighted by Gasteiger charge is 2.57. The summed E-state index contributed by atoms with van der Waals surface area (Å²) in [7, 11) is -3.90. The van der Waals surface area contributed by atoms with Crippen LogP contribution in [0.25, 0.3) is 0 Å². The zero-order valence-electron chi connectivity index (χ0n) is 19.3. The number of carbonyl (C=O) groups excluding carboxylic acids is 4. The number of amides is 5. The molecule has 3 atom stereocenters. The molecule has 12 nitrogen and oxygen atoms in total. The number of imide groups is 3. The normalized spacial score (nSPS) is 20.7. The summed E-state index contributed by atoms with van der Waals surface area (Å²) in [5.74, 6) is -3.73. The van der Waals surface area contributed by atoms with E-state index in [9.17, 15) is 32.4 Å². The zero-order valence-corrected chi connectivity index (χ0v) is 21.7. The van der Waals surface area contributed by atoms with Gasteiger partial charge in [0.05, 0.1) is 15.8 Å². The number of thiazole rings is 1. The van der Waals surface area contributed by atoms with E-state index in [1.165, 1.54) is 28.8 Å². The van der Waals surface area contributed by atoms with E-state index in [4.69, 9.17) is 10.9 Å². The molecule has 3 heterocycles. The Kier molecular flexibility index (Phi) is 6.46. The smallest absolute Gasteiger partial charge is 0.328 e. The van der Waals surface area contributed by atoms with Crippen molar-refractivity contribution in [1.29, 1.82) is 0 Å². The van der Waals surface area contributed by atoms with E-state index < -0.39 is 62.3 Å². The molecule has 2 aliphatic heterocycles. The Hall–Kier alpha value is -3.79. The number of aromatic nitrogens is 1. The first-order valence-corrected chi connectivity index (χ1v) is 14.3. The predicted octanol–water partition coefficient (Wildman–Crippen LogP) is 0.866. The van der Waals surface area contributed by atoms with Gasteiger partial charge in [0.2, 0.25) is 21.8 Å². The van der Waals surface area contributed by atoms with E-state index in [-0.39, 0.29) is 10.6 Å². The minimum Gasteiger partial charge on any atom is -0.351 e. The largest absolute Gasteiger partial charge is 0.351 e. The van der Waals surface area contributed by atoms with Crippen molar-refractivity contribution in [3.05, 3.63) is 74.7 Å². The highest BCUT2D eigenvalue weighted by Crippen LogP contribution is 2.53. The van der Waals surface area contributed by atoms with Crippen LogP contribution in [0, 0.1) is 5.92 Å². The summed E-state index contributed by atoms with van der Waals surface area (Å²) < 4.78 is 24.1. The van der Waals surface area contributed by atoms with Gasteiger partial charge in [-0.25, -0.2) is 18.4 Å². The lowest BCUT2D eigenvalue weighted by Gasteiger charge is -2.30. The van der Waals surface area contributed by atoms with Crippen LogP contribution in [0.15, 0.2) is 69.3 Å². The van der Waals surface area contributed by atoms with Crippen LogP contribution in [0.1, 0.15) is 16.4 Å². The summed E-state index contributed by atoms with van der Waals surface area (Å²) in [4.78, 5) is 64.3. The summed E-state index contributed by atoms with van der Waals surface area (Å²) in [6.45, 7) is -0.408. The van der Waals surface area contributed by atoms with Gasteiger partial charge in [0, 0.05) is 16.5 Å². The second-order valence-corrected chi connectivity index (χ2v) is 12.2. The average molecular weight is 574 g/mol. The van der Waals surface area contributed by atoms with Crippen molar-refractivity contribution < 1.29 is 27.6 Å². The van der Waals surface area contributed by atoms with Crippen molar-refractivity contribution in [2.45, 2.75) is 27.6 Å². The van der Waals surface area contributed by atoms with Crippen LogP contribution in [0.2, 0.25) is 0 Å². The molecule has 0 saturated carbocycles. The van der Waals surface area contributed by atoms with Crippen LogP contribution in [0.4, 0.5) is 10.5 Å². The van der Waals surface area contributed by atoms with E-state index >= 15 is 0 Å². The van der Waals surface area contributed by atoms with Crippen LogP contribution in [-0.2, 0) is 31.0 Å². The van der Waals surface area contributed by atoms with Gasteiger partial charge in [0.15, 0.2) is 0 Å². The number of nitrogens with zero attached hydrogens (tertiary/aromatic N) is 2. The fourth-order valence-electron chi connectivity index (χ4n) is 4.56. The Morgan fingerprint density at radius 3 is 2.24 bits per heavy atom. The van der Waals surface area contributed by atoms with E-state index in [1.54, 1.807) is 30.3 Å². The lowest BCUT2D eigenvalue weighted by atomic mass is 9.83. The van der Waals surface area contributed by atoms with Crippen LogP contribution in [0.5, 0.6) is 0 Å². The molecule has 5 N–H and O–H groups in total. The lowest BCUT2D eigenvalue weighted by molar-refractivity contribution is -0.135. The van der Waals surface area contributed by atoms with Gasteiger partial charge in [0.1, 0.15) is 11.8 Å². The van der Waals surface area contributed by atoms with Crippen LogP contribution in [-0.4, -0.2) is 46.9 Å². The molecule has 1 saturated heterocycles. The number of primary amides is 1. The predicted molar refractivity (Wildman–Crippen MR) is 138 cm³/mol. The minimum absolute atomic E-state index is 0.127. The molecular formula is C23H19N5O7S3. The van der Waals surface area contributed by atoms with E-state index in [1.807, 2.05) is 0 Å². The minimum atomic E-state index is -3.90. The third-order valence-corrected chi connectivity index (χ3v) is 9.73. The Morgan fingerprint density at radius 2 is 1.63 bits per heavy atom. The number of urea groups is 1. The van der Waals surface area contributed by atoms with Crippen LogP contribution >= 0.6 is 23.1 Å². The molecule has 1 fully saturated rings. The standard InChI is InChI=1S/C23H19N5O7S3/c24-22(32)28-19(30)16-15(11-4-2-1-3-5-11)18-21(36-17(16)20(28)31)27(23(33)37-18)10-14(29)26-12-6-8-13(9-7-12)38(25,34)35/h1-9,15-17H,10H2,(H2,24,32)(H,26,29)(H2,25,34,35)/t15-,16?,17?/m0/s1. The number of nitrogens with one attached hydrogen (secondary N) is 1. The maximum Gasteiger partial charge on any atom is 0.328 e. The number of sulfonamides is 1. The fourth-order valence-corrected chi connectivity index (χ4v) is 7.85. The summed E-state index contributed by atoms with van der Waals surface area (Å²) in [5.41, 5.74) is 6.27. The summed E-state index contributed by atoms with van der Waals surface area (Å²) >= 11 is 1.81. The topological polar surface area (TPSA) is 192 Å². The molecule has 3 aromatic rings. The third-order valence-electron chi connectivity index (χ3n) is 6.20. The van der Waals surface area contributed by atoms with Gasteiger partial charge in [-0.05, 0) is 29.8 Å². The number of primary sulfonamides is 1. The molecule has 1 aromatic heterocycles. The number of anilines is 1. The van der Waals surface area contributed by atoms with Gasteiger partial charge in [0.25, 0.3) is 5.91 Å². The van der Waals surface area contributed by atoms with Gasteiger partial charge in [-0.1, -0.05) is 53.4 Å². The molecule has 5 rings (SSSR count). The Bertz CT molecular complexity index is 1650. The molecular weight excluding hydrogens is 554 g/mol. The summed E-state index contributed by atoms with van der Waals surface area (Å²) in [5, 5.41) is 7.01. The Labute approximate surface area is 223 Å². The number of hydrogen-bond acceptors (Lipinski definition) is 9. The number of thioether (sulfide) groups is 1. The maximum atomic E-state index is 13.1. The number of nitrogens with two attached hydrogens (primary N) is 2. The highest BCUT2D eigenvalue weighted by molar-refractivity contribution is 8.00. The molecule has 5 amide bonds. The first-order valence-electron chi connectivity index (χ1n) is 11.0. The van der Waals surface area contributed by atoms with Crippen molar-refractivity contribution in [3.8, 4) is 0 Å². The first kappa shape index (κ1) is 25.8. The van der Waals surface area contributed by atoms with Crippen molar-refractivity contribution in [1.82, 2.24) is 9.47 Å². The number of likely N-dealkylation sites (tertiary alicyclic amines) is 1. The lowest BCUT2D eigenvalue weighted by Crippen LogP contribution is -2.41. The molecule has 15 heteroatoms. The molecule has 38 heavy (non-hydrogen) atoms. The number of hydrogen-bond donors (Lipinski definition) is 3. The van der Waals surface area contributed by atoms with Gasteiger partial charge in [-0.2, -0.15) is 4.90 Å². The molecule has 2 unspecified atom stereocenters. The quantitative estimate of drug-likeness (QED) is 0.374. The van der Waals surface area contributed by atoms with Crippen LogP contribution < -0.4 is 21.1 Å². The number of benzene rings is 2. The SMILES string of the molecule is NC(=O)N1C(=O)C2Sc3c(sc(=O)n3CC(=O)Nc3ccc(S(N)(=O)=O)cc3)[C@@H](c3ccccc3)C2C1=O. The van der Waals surface area contributed by atoms with Gasteiger partial charge in [-0.3, -0.25) is 23.7 Å². The van der Waals surface area contributed by atoms with Crippen LogP contribution in [0.3, 0.4) is 0 Å². The maximum absolute atomic E-state index is 13.1. The summed E-state index contributed by atoms with van der Waals surface area (Å²) in [6, 6.07) is 12.8. The monoisotopic (exact) mass is 573 g/mol. The van der Waals surface area contributed by atoms with Gasteiger partial charge >= 0.3 is 10.9 Å².